The van der Waals surface area contributed by atoms with E-state index in [1.807, 2.05) is 27.7 Å². The second-order valence-corrected chi connectivity index (χ2v) is 6.11. The summed E-state index contributed by atoms with van der Waals surface area (Å²) in [4.78, 5) is 0. The molecule has 1 rings (SSSR count). The lowest BCUT2D eigenvalue weighted by molar-refractivity contribution is 0.187. The van der Waals surface area contributed by atoms with Crippen LogP contribution in [0.15, 0.2) is 0 Å². The fraction of sp³-hybridized carbons (Fsp3) is 1.00. The third-order valence-corrected chi connectivity index (χ3v) is 3.68. The lowest BCUT2D eigenvalue weighted by Gasteiger charge is -2.14. The van der Waals surface area contributed by atoms with Crippen LogP contribution in [0.5, 0.6) is 0 Å². The fourth-order valence-electron chi connectivity index (χ4n) is 1.43. The average molecular weight is 221 g/mol. The van der Waals surface area contributed by atoms with Crippen molar-refractivity contribution in [1.29, 1.82) is 0 Å². The van der Waals surface area contributed by atoms with Crippen molar-refractivity contribution < 1.29 is 12.6 Å². The van der Waals surface area contributed by atoms with E-state index in [4.69, 9.17) is 4.18 Å². The highest BCUT2D eigenvalue weighted by molar-refractivity contribution is 7.84. The van der Waals surface area contributed by atoms with Gasteiger partial charge in [0.25, 0.3) is 0 Å². The summed E-state index contributed by atoms with van der Waals surface area (Å²) in [6.45, 7) is 8.98. The van der Waals surface area contributed by atoms with Gasteiger partial charge in [-0.2, -0.15) is 12.7 Å². The topological polar surface area (TPSA) is 46.6 Å². The first kappa shape index (κ1) is 11.9. The molecule has 1 aliphatic heterocycles. The van der Waals surface area contributed by atoms with Crippen molar-refractivity contribution in [2.24, 2.45) is 11.8 Å². The van der Waals surface area contributed by atoms with Gasteiger partial charge in [0, 0.05) is 13.1 Å². The number of nitrogens with zero attached hydrogens (tertiary/aromatic N) is 1. The second-order valence-electron chi connectivity index (χ2n) is 4.55. The predicted octanol–water partition coefficient (Wildman–Crippen LogP) is 1.24. The van der Waals surface area contributed by atoms with Gasteiger partial charge in [-0.3, -0.25) is 4.18 Å². The molecule has 1 atom stereocenters. The third-order valence-electron chi connectivity index (χ3n) is 2.26. The van der Waals surface area contributed by atoms with Gasteiger partial charge in [0.15, 0.2) is 0 Å². The molecule has 14 heavy (non-hydrogen) atoms. The van der Waals surface area contributed by atoms with E-state index in [1.54, 1.807) is 0 Å². The van der Waals surface area contributed by atoms with Crippen LogP contribution in [-0.2, 0) is 14.5 Å². The van der Waals surface area contributed by atoms with Crippen molar-refractivity contribution >= 4 is 10.3 Å². The van der Waals surface area contributed by atoms with E-state index in [0.29, 0.717) is 19.0 Å². The summed E-state index contributed by atoms with van der Waals surface area (Å²) < 4.78 is 29.5. The van der Waals surface area contributed by atoms with Crippen molar-refractivity contribution in [3.63, 3.8) is 0 Å². The van der Waals surface area contributed by atoms with Gasteiger partial charge in [-0.05, 0) is 11.8 Å². The quantitative estimate of drug-likeness (QED) is 0.720. The summed E-state index contributed by atoms with van der Waals surface area (Å²) >= 11 is 0. The van der Waals surface area contributed by atoms with Crippen LogP contribution in [0.3, 0.4) is 0 Å². The van der Waals surface area contributed by atoms with Gasteiger partial charge >= 0.3 is 10.3 Å². The molecule has 1 fully saturated rings. The normalized spacial score (nSPS) is 27.7. The van der Waals surface area contributed by atoms with Gasteiger partial charge < -0.3 is 0 Å². The van der Waals surface area contributed by atoms with Crippen molar-refractivity contribution in [3.05, 3.63) is 0 Å². The van der Waals surface area contributed by atoms with Crippen molar-refractivity contribution in [3.8, 4) is 0 Å². The standard InChI is InChI=1S/C9H19NO3S/c1-7(2)5-10-6-9(8(3)4)13-14(10,11)12/h7-9H,5-6H2,1-4H3/t9-/m1/s1. The van der Waals surface area contributed by atoms with E-state index >= 15 is 0 Å². The minimum atomic E-state index is -3.44. The minimum absolute atomic E-state index is 0.182. The van der Waals surface area contributed by atoms with Crippen molar-refractivity contribution in [2.45, 2.75) is 33.8 Å². The maximum absolute atomic E-state index is 11.5. The molecule has 1 aliphatic rings. The Hall–Kier alpha value is -0.130. The highest BCUT2D eigenvalue weighted by Gasteiger charge is 2.38. The Morgan fingerprint density at radius 1 is 1.36 bits per heavy atom. The van der Waals surface area contributed by atoms with Crippen LogP contribution < -0.4 is 0 Å². The molecular weight excluding hydrogens is 202 g/mol. The van der Waals surface area contributed by atoms with E-state index in [2.05, 4.69) is 0 Å². The number of hydrogen-bond donors (Lipinski definition) is 0. The molecule has 0 spiro atoms. The molecule has 0 bridgehead atoms. The Morgan fingerprint density at radius 2 is 1.93 bits per heavy atom. The monoisotopic (exact) mass is 221 g/mol. The van der Waals surface area contributed by atoms with Crippen LogP contribution in [0.25, 0.3) is 0 Å². The molecule has 0 aromatic rings. The first-order chi connectivity index (χ1) is 6.33. The molecule has 1 heterocycles. The highest BCUT2D eigenvalue weighted by Crippen LogP contribution is 2.23. The van der Waals surface area contributed by atoms with Crippen LogP contribution in [-0.4, -0.2) is 31.9 Å². The van der Waals surface area contributed by atoms with Gasteiger partial charge in [-0.25, -0.2) is 0 Å². The Labute approximate surface area is 86.5 Å². The zero-order valence-electron chi connectivity index (χ0n) is 9.23. The molecule has 4 nitrogen and oxygen atoms in total. The maximum atomic E-state index is 11.5. The molecule has 0 aromatic carbocycles. The molecule has 84 valence electrons. The Morgan fingerprint density at radius 3 is 2.29 bits per heavy atom. The molecular formula is C9H19NO3S. The van der Waals surface area contributed by atoms with E-state index in [0.717, 1.165) is 0 Å². The molecule has 0 aromatic heterocycles. The maximum Gasteiger partial charge on any atom is 0.338 e. The molecule has 0 aliphatic carbocycles. The van der Waals surface area contributed by atoms with Crippen molar-refractivity contribution in [1.82, 2.24) is 4.31 Å². The SMILES string of the molecule is CC(C)CN1C[C@H](C(C)C)OS1(=O)=O. The largest absolute Gasteiger partial charge is 0.338 e. The Balaban J connectivity index is 2.70. The number of hydrogen-bond acceptors (Lipinski definition) is 3. The average Bonchev–Trinajstić information content (AvgIpc) is 2.26. The smallest absolute Gasteiger partial charge is 0.253 e. The van der Waals surface area contributed by atoms with Gasteiger partial charge in [0.1, 0.15) is 0 Å². The molecule has 0 N–H and O–H groups in total. The summed E-state index contributed by atoms with van der Waals surface area (Å²) in [5.41, 5.74) is 0. The lowest BCUT2D eigenvalue weighted by Crippen LogP contribution is -2.30. The molecule has 0 amide bonds. The Kier molecular flexibility index (Phi) is 3.55. The van der Waals surface area contributed by atoms with Gasteiger partial charge in [0.2, 0.25) is 0 Å². The minimum Gasteiger partial charge on any atom is -0.253 e. The van der Waals surface area contributed by atoms with E-state index in [-0.39, 0.29) is 12.0 Å². The second kappa shape index (κ2) is 4.16. The van der Waals surface area contributed by atoms with Gasteiger partial charge in [-0.15, -0.1) is 0 Å². The first-order valence-corrected chi connectivity index (χ1v) is 6.38. The van der Waals surface area contributed by atoms with Crippen LogP contribution in [0.4, 0.5) is 0 Å². The third kappa shape index (κ3) is 2.68. The zero-order valence-corrected chi connectivity index (χ0v) is 10.0. The van der Waals surface area contributed by atoms with Crippen LogP contribution >= 0.6 is 0 Å². The van der Waals surface area contributed by atoms with Gasteiger partial charge in [-0.1, -0.05) is 27.7 Å². The Bertz CT molecular complexity index is 284. The van der Waals surface area contributed by atoms with Gasteiger partial charge in [0.05, 0.1) is 6.10 Å². The molecule has 0 radical (unpaired) electrons. The zero-order chi connectivity index (χ0) is 10.9. The highest BCUT2D eigenvalue weighted by atomic mass is 32.2. The van der Waals surface area contributed by atoms with Crippen LogP contribution in [0, 0.1) is 11.8 Å². The lowest BCUT2D eigenvalue weighted by atomic mass is 10.1. The summed E-state index contributed by atoms with van der Waals surface area (Å²) in [6.07, 6.45) is -0.182. The van der Waals surface area contributed by atoms with Crippen LogP contribution in [0.2, 0.25) is 0 Å². The van der Waals surface area contributed by atoms with Crippen molar-refractivity contribution in [2.75, 3.05) is 13.1 Å². The molecule has 0 unspecified atom stereocenters. The molecule has 5 heteroatoms. The summed E-state index contributed by atoms with van der Waals surface area (Å²) in [5.74, 6) is 0.571. The van der Waals surface area contributed by atoms with Crippen LogP contribution in [0.1, 0.15) is 27.7 Å². The summed E-state index contributed by atoms with van der Waals surface area (Å²) in [6, 6.07) is 0. The predicted molar refractivity (Wildman–Crippen MR) is 55.0 cm³/mol. The molecule has 1 saturated heterocycles. The summed E-state index contributed by atoms with van der Waals surface area (Å²) in [5, 5.41) is 0. The van der Waals surface area contributed by atoms with E-state index in [9.17, 15) is 8.42 Å². The number of rotatable bonds is 3. The summed E-state index contributed by atoms with van der Waals surface area (Å²) in [7, 11) is -3.44. The fourth-order valence-corrected chi connectivity index (χ4v) is 2.96. The first-order valence-electron chi connectivity index (χ1n) is 5.01. The molecule has 0 saturated carbocycles. The van der Waals surface area contributed by atoms with E-state index < -0.39 is 10.3 Å². The van der Waals surface area contributed by atoms with E-state index in [1.165, 1.54) is 4.31 Å².